The molecule has 0 aliphatic carbocycles. The number of aryl methyl sites for hydroxylation is 2. The second kappa shape index (κ2) is 11.4. The van der Waals surface area contributed by atoms with Crippen LogP contribution in [0.15, 0.2) is 47.9 Å². The fraction of sp³-hybridized carbons (Fsp3) is 0.448. The number of carbonyl (C=O) groups excluding carboxylic acids is 1. The Bertz CT molecular complexity index is 1180. The van der Waals surface area contributed by atoms with E-state index in [1.54, 1.807) is 24.2 Å². The van der Waals surface area contributed by atoms with Gasteiger partial charge in [-0.25, -0.2) is 14.8 Å². The zero-order valence-corrected chi connectivity index (χ0v) is 23.5. The quantitative estimate of drug-likeness (QED) is 0.273. The molecule has 3 rings (SSSR count). The number of carbonyl (C=O) groups is 1. The van der Waals surface area contributed by atoms with E-state index in [1.807, 2.05) is 26.8 Å². The second-order valence-corrected chi connectivity index (χ2v) is 12.2. The van der Waals surface area contributed by atoms with Crippen LogP contribution in [0, 0.1) is 19.3 Å². The Morgan fingerprint density at radius 3 is 2.19 bits per heavy atom. The molecule has 2 heterocycles. The molecule has 1 amide bonds. The van der Waals surface area contributed by atoms with Crippen molar-refractivity contribution in [3.63, 3.8) is 0 Å². The fourth-order valence-corrected chi connectivity index (χ4v) is 4.80. The lowest BCUT2D eigenvalue weighted by atomic mass is 9.85. The molecule has 0 unspecified atom stereocenters. The van der Waals surface area contributed by atoms with Crippen LogP contribution in [0.4, 0.5) is 4.79 Å². The number of benzene rings is 1. The van der Waals surface area contributed by atoms with Gasteiger partial charge < -0.3 is 10.1 Å². The lowest BCUT2D eigenvalue weighted by molar-refractivity contribution is 0.0523. The summed E-state index contributed by atoms with van der Waals surface area (Å²) in [6.07, 6.45) is 3.86. The molecular formula is C29H38N4O2S. The molecule has 2 aromatic heterocycles. The molecule has 3 aromatic rings. The maximum absolute atomic E-state index is 12.6. The Morgan fingerprint density at radius 2 is 1.61 bits per heavy atom. The average Bonchev–Trinajstić information content (AvgIpc) is 2.76. The third kappa shape index (κ3) is 8.05. The number of nitrogens with one attached hydrogen (secondary N) is 1. The summed E-state index contributed by atoms with van der Waals surface area (Å²) in [6.45, 7) is 16.7. The van der Waals surface area contributed by atoms with Gasteiger partial charge >= 0.3 is 6.09 Å². The molecule has 0 saturated carbocycles. The third-order valence-corrected chi connectivity index (χ3v) is 6.33. The molecule has 1 N–H and O–H groups in total. The van der Waals surface area contributed by atoms with Crippen molar-refractivity contribution >= 4 is 17.9 Å². The van der Waals surface area contributed by atoms with Crippen LogP contribution >= 0.6 is 11.8 Å². The standard InChI is InChI=1S/C29H38N4O2S/c1-19-10-12-21(13-11-19)25-22(17-32-27(34)35-29(6,7)8)24(16-28(3,4)5)33-20(2)23(25)18-36-26-30-14-9-15-31-26/h9-15H,16-18H2,1-8H3,(H,32,34). The van der Waals surface area contributed by atoms with E-state index in [2.05, 4.69) is 74.2 Å². The molecule has 7 heteroatoms. The van der Waals surface area contributed by atoms with Crippen molar-refractivity contribution in [2.45, 2.75) is 84.9 Å². The van der Waals surface area contributed by atoms with Crippen LogP contribution in [0.1, 0.15) is 69.6 Å². The summed E-state index contributed by atoms with van der Waals surface area (Å²) in [4.78, 5) is 26.4. The van der Waals surface area contributed by atoms with Crippen LogP contribution in [0.5, 0.6) is 0 Å². The van der Waals surface area contributed by atoms with Crippen molar-refractivity contribution in [3.05, 3.63) is 70.8 Å². The molecule has 0 aliphatic heterocycles. The smallest absolute Gasteiger partial charge is 0.407 e. The molecule has 0 aliphatic rings. The predicted octanol–water partition coefficient (Wildman–Crippen LogP) is 7.06. The van der Waals surface area contributed by atoms with Gasteiger partial charge in [0.15, 0.2) is 5.16 Å². The van der Waals surface area contributed by atoms with Gasteiger partial charge in [0.1, 0.15) is 5.60 Å². The van der Waals surface area contributed by atoms with Gasteiger partial charge in [-0.05, 0) is 69.2 Å². The number of hydrogen-bond acceptors (Lipinski definition) is 6. The average molecular weight is 507 g/mol. The Labute approximate surface area is 219 Å². The Hall–Kier alpha value is -2.93. The number of rotatable bonds is 7. The Morgan fingerprint density at radius 1 is 0.972 bits per heavy atom. The first-order chi connectivity index (χ1) is 16.8. The van der Waals surface area contributed by atoms with E-state index in [4.69, 9.17) is 9.72 Å². The SMILES string of the molecule is Cc1ccc(-c2c(CSc3ncccn3)c(C)nc(CC(C)(C)C)c2CNC(=O)OC(C)(C)C)cc1. The van der Waals surface area contributed by atoms with E-state index >= 15 is 0 Å². The highest BCUT2D eigenvalue weighted by atomic mass is 32.2. The van der Waals surface area contributed by atoms with Crippen molar-refractivity contribution in [2.75, 3.05) is 0 Å². The van der Waals surface area contributed by atoms with E-state index in [9.17, 15) is 4.79 Å². The molecule has 192 valence electrons. The first-order valence-electron chi connectivity index (χ1n) is 12.3. The van der Waals surface area contributed by atoms with Gasteiger partial charge in [-0.2, -0.15) is 0 Å². The molecule has 1 aromatic carbocycles. The zero-order valence-electron chi connectivity index (χ0n) is 22.7. The van der Waals surface area contributed by atoms with E-state index < -0.39 is 11.7 Å². The van der Waals surface area contributed by atoms with Crippen LogP contribution in [0.3, 0.4) is 0 Å². The highest BCUT2D eigenvalue weighted by Crippen LogP contribution is 2.37. The predicted molar refractivity (Wildman–Crippen MR) is 147 cm³/mol. The van der Waals surface area contributed by atoms with Gasteiger partial charge in [-0.1, -0.05) is 62.4 Å². The normalized spacial score (nSPS) is 11.9. The number of ether oxygens (including phenoxy) is 1. The molecule has 0 saturated heterocycles. The fourth-order valence-electron chi connectivity index (χ4n) is 3.90. The van der Waals surface area contributed by atoms with Crippen LogP contribution in [0.25, 0.3) is 11.1 Å². The third-order valence-electron chi connectivity index (χ3n) is 5.43. The topological polar surface area (TPSA) is 77.0 Å². The lowest BCUT2D eigenvalue weighted by Gasteiger charge is -2.26. The molecule has 0 radical (unpaired) electrons. The Kier molecular flexibility index (Phi) is 8.77. The van der Waals surface area contributed by atoms with Crippen molar-refractivity contribution in [3.8, 4) is 11.1 Å². The number of hydrogen-bond donors (Lipinski definition) is 1. The van der Waals surface area contributed by atoms with E-state index in [-0.39, 0.29) is 5.41 Å². The molecule has 0 spiro atoms. The number of alkyl carbamates (subject to hydrolysis) is 1. The van der Waals surface area contributed by atoms with Gasteiger partial charge in [-0.15, -0.1) is 0 Å². The minimum absolute atomic E-state index is 0.0266. The summed E-state index contributed by atoms with van der Waals surface area (Å²) >= 11 is 1.59. The largest absolute Gasteiger partial charge is 0.444 e. The van der Waals surface area contributed by atoms with E-state index in [0.717, 1.165) is 45.2 Å². The maximum Gasteiger partial charge on any atom is 0.407 e. The van der Waals surface area contributed by atoms with Gasteiger partial charge in [-0.3, -0.25) is 4.98 Å². The van der Waals surface area contributed by atoms with Crippen LogP contribution in [-0.2, 0) is 23.5 Å². The molecule has 0 fully saturated rings. The van der Waals surface area contributed by atoms with Crippen LogP contribution in [0.2, 0.25) is 0 Å². The number of pyridine rings is 1. The molecule has 6 nitrogen and oxygen atoms in total. The van der Waals surface area contributed by atoms with Crippen LogP contribution < -0.4 is 5.32 Å². The van der Waals surface area contributed by atoms with Gasteiger partial charge in [0.25, 0.3) is 0 Å². The summed E-state index contributed by atoms with van der Waals surface area (Å²) in [6, 6.07) is 10.4. The summed E-state index contributed by atoms with van der Waals surface area (Å²) in [7, 11) is 0. The summed E-state index contributed by atoms with van der Waals surface area (Å²) < 4.78 is 5.53. The maximum atomic E-state index is 12.6. The van der Waals surface area contributed by atoms with Crippen molar-refractivity contribution in [2.24, 2.45) is 5.41 Å². The lowest BCUT2D eigenvalue weighted by Crippen LogP contribution is -2.33. The summed E-state index contributed by atoms with van der Waals surface area (Å²) in [5, 5.41) is 3.71. The number of nitrogens with zero attached hydrogens (tertiary/aromatic N) is 3. The van der Waals surface area contributed by atoms with Crippen molar-refractivity contribution < 1.29 is 9.53 Å². The molecular weight excluding hydrogens is 468 g/mol. The highest BCUT2D eigenvalue weighted by Gasteiger charge is 2.24. The minimum atomic E-state index is -0.568. The van der Waals surface area contributed by atoms with E-state index in [0.29, 0.717) is 12.3 Å². The van der Waals surface area contributed by atoms with Gasteiger partial charge in [0.2, 0.25) is 0 Å². The monoisotopic (exact) mass is 506 g/mol. The van der Waals surface area contributed by atoms with Crippen molar-refractivity contribution in [1.82, 2.24) is 20.3 Å². The van der Waals surface area contributed by atoms with Crippen molar-refractivity contribution in [1.29, 1.82) is 0 Å². The van der Waals surface area contributed by atoms with Gasteiger partial charge in [0, 0.05) is 41.6 Å². The zero-order chi connectivity index (χ0) is 26.5. The summed E-state index contributed by atoms with van der Waals surface area (Å²) in [5.74, 6) is 0.668. The first-order valence-corrected chi connectivity index (χ1v) is 13.3. The highest BCUT2D eigenvalue weighted by molar-refractivity contribution is 7.98. The second-order valence-electron chi connectivity index (χ2n) is 11.3. The van der Waals surface area contributed by atoms with Crippen LogP contribution in [-0.4, -0.2) is 26.6 Å². The number of thioether (sulfide) groups is 1. The minimum Gasteiger partial charge on any atom is -0.444 e. The number of amides is 1. The van der Waals surface area contributed by atoms with Gasteiger partial charge in [0.05, 0.1) is 0 Å². The number of aromatic nitrogens is 3. The molecule has 0 bridgehead atoms. The summed E-state index contributed by atoms with van der Waals surface area (Å²) in [5.41, 5.74) is 6.99. The Balaban J connectivity index is 2.13. The van der Waals surface area contributed by atoms with E-state index in [1.165, 1.54) is 5.56 Å². The molecule has 36 heavy (non-hydrogen) atoms. The molecule has 0 atom stereocenters. The first kappa shape index (κ1) is 27.7.